The van der Waals surface area contributed by atoms with Crippen molar-refractivity contribution in [2.24, 2.45) is 0 Å². The Morgan fingerprint density at radius 2 is 2.21 bits per heavy atom. The molecule has 102 valence electrons. The summed E-state index contributed by atoms with van der Waals surface area (Å²) in [5, 5.41) is 8.61. The van der Waals surface area contributed by atoms with E-state index in [4.69, 9.17) is 9.84 Å². The van der Waals surface area contributed by atoms with Gasteiger partial charge in [0, 0.05) is 30.2 Å². The summed E-state index contributed by atoms with van der Waals surface area (Å²) in [6.45, 7) is 3.41. The number of halogens is 1. The van der Waals surface area contributed by atoms with Gasteiger partial charge in [-0.2, -0.15) is 0 Å². The van der Waals surface area contributed by atoms with Crippen LogP contribution in [0.25, 0.3) is 6.08 Å². The molecule has 1 aliphatic heterocycles. The Kier molecular flexibility index (Phi) is 4.99. The number of hydrogen-bond donors (Lipinski definition) is 1. The smallest absolute Gasteiger partial charge is 0.328 e. The number of hydrogen-bond acceptors (Lipinski definition) is 3. The van der Waals surface area contributed by atoms with Gasteiger partial charge in [-0.3, -0.25) is 0 Å². The van der Waals surface area contributed by atoms with Gasteiger partial charge < -0.3 is 14.7 Å². The van der Waals surface area contributed by atoms with Crippen LogP contribution in [0.5, 0.6) is 0 Å². The summed E-state index contributed by atoms with van der Waals surface area (Å²) in [5.74, 6) is -0.940. The predicted octanol–water partition coefficient (Wildman–Crippen LogP) is 2.77. The molecule has 0 unspecified atom stereocenters. The van der Waals surface area contributed by atoms with Crippen LogP contribution in [0.4, 0.5) is 5.69 Å². The second-order valence-corrected chi connectivity index (χ2v) is 5.19. The topological polar surface area (TPSA) is 49.8 Å². The Bertz CT molecular complexity index is 480. The summed E-state index contributed by atoms with van der Waals surface area (Å²) in [5.41, 5.74) is 1.99. The van der Waals surface area contributed by atoms with E-state index in [1.54, 1.807) is 6.08 Å². The van der Waals surface area contributed by atoms with Crippen LogP contribution in [0, 0.1) is 0 Å². The van der Waals surface area contributed by atoms with Crippen LogP contribution in [0.3, 0.4) is 0 Å². The molecule has 1 heterocycles. The number of carboxylic acid groups (broad SMARTS) is 1. The molecule has 1 aromatic rings. The summed E-state index contributed by atoms with van der Waals surface area (Å²) >= 11 is 3.55. The Morgan fingerprint density at radius 1 is 1.37 bits per heavy atom. The lowest BCUT2D eigenvalue weighted by Crippen LogP contribution is -2.26. The zero-order valence-corrected chi connectivity index (χ0v) is 12.1. The molecule has 1 aliphatic rings. The molecule has 0 aliphatic carbocycles. The summed E-state index contributed by atoms with van der Waals surface area (Å²) in [6, 6.07) is 5.86. The maximum Gasteiger partial charge on any atom is 0.328 e. The van der Waals surface area contributed by atoms with E-state index in [0.717, 1.165) is 54.5 Å². The van der Waals surface area contributed by atoms with Crippen molar-refractivity contribution >= 4 is 33.7 Å². The quantitative estimate of drug-likeness (QED) is 0.868. The largest absolute Gasteiger partial charge is 0.478 e. The van der Waals surface area contributed by atoms with Gasteiger partial charge in [-0.1, -0.05) is 6.07 Å². The van der Waals surface area contributed by atoms with Gasteiger partial charge in [0.25, 0.3) is 0 Å². The summed E-state index contributed by atoms with van der Waals surface area (Å²) in [6.07, 6.45) is 3.75. The molecule has 2 rings (SSSR count). The third-order valence-electron chi connectivity index (χ3n) is 2.95. The minimum absolute atomic E-state index is 0.743. The molecule has 1 aromatic carbocycles. The van der Waals surface area contributed by atoms with Gasteiger partial charge >= 0.3 is 5.97 Å². The highest BCUT2D eigenvalue weighted by molar-refractivity contribution is 9.10. The van der Waals surface area contributed by atoms with Crippen molar-refractivity contribution in [3.05, 3.63) is 34.3 Å². The first-order chi connectivity index (χ1) is 9.16. The van der Waals surface area contributed by atoms with Gasteiger partial charge in [0.1, 0.15) is 0 Å². The molecule has 0 amide bonds. The van der Waals surface area contributed by atoms with E-state index in [-0.39, 0.29) is 0 Å². The average molecular weight is 326 g/mol. The molecule has 0 aromatic heterocycles. The molecule has 5 heteroatoms. The van der Waals surface area contributed by atoms with Crippen molar-refractivity contribution in [1.29, 1.82) is 0 Å². The molecule has 19 heavy (non-hydrogen) atoms. The van der Waals surface area contributed by atoms with Gasteiger partial charge in [0.15, 0.2) is 0 Å². The molecule has 0 radical (unpaired) electrons. The van der Waals surface area contributed by atoms with Crippen LogP contribution in [0.2, 0.25) is 0 Å². The first-order valence-electron chi connectivity index (χ1n) is 6.20. The van der Waals surface area contributed by atoms with Crippen LogP contribution in [0.1, 0.15) is 12.0 Å². The van der Waals surface area contributed by atoms with Crippen LogP contribution in [-0.4, -0.2) is 37.4 Å². The van der Waals surface area contributed by atoms with Crippen molar-refractivity contribution < 1.29 is 14.6 Å². The second kappa shape index (κ2) is 6.73. The maximum absolute atomic E-state index is 10.5. The lowest BCUT2D eigenvalue weighted by Gasteiger charge is -2.23. The molecule has 4 nitrogen and oxygen atoms in total. The van der Waals surface area contributed by atoms with Crippen molar-refractivity contribution in [2.45, 2.75) is 6.42 Å². The SMILES string of the molecule is O=C(O)/C=C/c1ccc(N2CCCOCC2)c(Br)c1. The first kappa shape index (κ1) is 14.1. The fourth-order valence-electron chi connectivity index (χ4n) is 2.04. The molecule has 0 bridgehead atoms. The zero-order valence-electron chi connectivity index (χ0n) is 10.5. The van der Waals surface area contributed by atoms with E-state index >= 15 is 0 Å². The number of benzene rings is 1. The lowest BCUT2D eigenvalue weighted by atomic mass is 10.1. The van der Waals surface area contributed by atoms with Crippen LogP contribution in [-0.2, 0) is 9.53 Å². The predicted molar refractivity (Wildman–Crippen MR) is 78.5 cm³/mol. The number of rotatable bonds is 3. The molecule has 1 fully saturated rings. The molecule has 0 atom stereocenters. The first-order valence-corrected chi connectivity index (χ1v) is 6.99. The molecule has 0 saturated carbocycles. The van der Waals surface area contributed by atoms with E-state index in [1.165, 1.54) is 0 Å². The van der Waals surface area contributed by atoms with Crippen molar-refractivity contribution in [2.75, 3.05) is 31.2 Å². The zero-order chi connectivity index (χ0) is 13.7. The summed E-state index contributed by atoms with van der Waals surface area (Å²) in [7, 11) is 0. The Morgan fingerprint density at radius 3 is 2.95 bits per heavy atom. The van der Waals surface area contributed by atoms with Gasteiger partial charge in [0.2, 0.25) is 0 Å². The number of anilines is 1. The van der Waals surface area contributed by atoms with Gasteiger partial charge in [-0.25, -0.2) is 4.79 Å². The molecular formula is C14H16BrNO3. The Hall–Kier alpha value is -1.33. The molecular weight excluding hydrogens is 310 g/mol. The monoisotopic (exact) mass is 325 g/mol. The minimum Gasteiger partial charge on any atom is -0.478 e. The summed E-state index contributed by atoms with van der Waals surface area (Å²) in [4.78, 5) is 12.8. The Balaban J connectivity index is 2.16. The normalized spacial score (nSPS) is 16.6. The van der Waals surface area contributed by atoms with Crippen molar-refractivity contribution in [3.63, 3.8) is 0 Å². The fraction of sp³-hybridized carbons (Fsp3) is 0.357. The average Bonchev–Trinajstić information content (AvgIpc) is 2.65. The number of ether oxygens (including phenoxy) is 1. The third-order valence-corrected chi connectivity index (χ3v) is 3.59. The minimum atomic E-state index is -0.940. The number of nitrogens with zero attached hydrogens (tertiary/aromatic N) is 1. The molecule has 0 spiro atoms. The highest BCUT2D eigenvalue weighted by atomic mass is 79.9. The van der Waals surface area contributed by atoms with E-state index in [2.05, 4.69) is 20.8 Å². The maximum atomic E-state index is 10.5. The van der Waals surface area contributed by atoms with E-state index in [0.29, 0.717) is 0 Å². The van der Waals surface area contributed by atoms with E-state index < -0.39 is 5.97 Å². The van der Waals surface area contributed by atoms with Gasteiger partial charge in [0.05, 0.1) is 12.3 Å². The fourth-order valence-corrected chi connectivity index (χ4v) is 2.69. The highest BCUT2D eigenvalue weighted by Gasteiger charge is 2.12. The standard InChI is InChI=1S/C14H16BrNO3/c15-12-10-11(3-5-14(17)18)2-4-13(12)16-6-1-8-19-9-7-16/h2-5,10H,1,6-9H2,(H,17,18)/b5-3+. The van der Waals surface area contributed by atoms with E-state index in [1.807, 2.05) is 18.2 Å². The highest BCUT2D eigenvalue weighted by Crippen LogP contribution is 2.28. The molecule has 1 saturated heterocycles. The van der Waals surface area contributed by atoms with Crippen LogP contribution < -0.4 is 4.90 Å². The van der Waals surface area contributed by atoms with E-state index in [9.17, 15) is 4.79 Å². The van der Waals surface area contributed by atoms with Gasteiger partial charge in [-0.05, 0) is 46.1 Å². The lowest BCUT2D eigenvalue weighted by molar-refractivity contribution is -0.131. The van der Waals surface area contributed by atoms with Crippen molar-refractivity contribution in [1.82, 2.24) is 0 Å². The van der Waals surface area contributed by atoms with Crippen LogP contribution in [0.15, 0.2) is 28.7 Å². The third kappa shape index (κ3) is 4.08. The summed E-state index contributed by atoms with van der Waals surface area (Å²) < 4.78 is 6.42. The number of carbonyl (C=O) groups is 1. The Labute approximate surface area is 120 Å². The number of carboxylic acids is 1. The van der Waals surface area contributed by atoms with Crippen molar-refractivity contribution in [3.8, 4) is 0 Å². The number of aliphatic carboxylic acids is 1. The second-order valence-electron chi connectivity index (χ2n) is 4.34. The van der Waals surface area contributed by atoms with Gasteiger partial charge in [-0.15, -0.1) is 0 Å². The van der Waals surface area contributed by atoms with Crippen LogP contribution >= 0.6 is 15.9 Å². The molecule has 1 N–H and O–H groups in total.